The zero-order valence-electron chi connectivity index (χ0n) is 13.4. The van der Waals surface area contributed by atoms with E-state index in [9.17, 15) is 0 Å². The van der Waals surface area contributed by atoms with E-state index in [4.69, 9.17) is 5.73 Å². The van der Waals surface area contributed by atoms with Gasteiger partial charge in [0.2, 0.25) is 0 Å². The number of likely N-dealkylation sites (N-methyl/N-ethyl adjacent to an activating group) is 1. The van der Waals surface area contributed by atoms with E-state index < -0.39 is 0 Å². The number of aromatic nitrogens is 1. The molecular formula is C18H25N3. The van der Waals surface area contributed by atoms with Gasteiger partial charge in [0.25, 0.3) is 0 Å². The lowest BCUT2D eigenvalue weighted by atomic mass is 10.0. The largest absolute Gasteiger partial charge is 0.329 e. The van der Waals surface area contributed by atoms with E-state index in [2.05, 4.69) is 61.1 Å². The summed E-state index contributed by atoms with van der Waals surface area (Å²) < 4.78 is 0. The number of benzene rings is 1. The molecule has 3 nitrogen and oxygen atoms in total. The zero-order valence-corrected chi connectivity index (χ0v) is 13.4. The van der Waals surface area contributed by atoms with Gasteiger partial charge in [-0.3, -0.25) is 9.88 Å². The molecule has 2 aromatic rings. The van der Waals surface area contributed by atoms with Gasteiger partial charge in [0.1, 0.15) is 0 Å². The first kappa shape index (κ1) is 15.7. The second kappa shape index (κ2) is 6.83. The number of hydrogen-bond donors (Lipinski definition) is 1. The SMILES string of the molecule is Cc1cc(C)cc(C(CN)N(C)Cc2cccc(C)n2)c1. The lowest BCUT2D eigenvalue weighted by Crippen LogP contribution is -2.30. The molecule has 1 aromatic carbocycles. The van der Waals surface area contributed by atoms with Crippen LogP contribution in [-0.2, 0) is 6.54 Å². The van der Waals surface area contributed by atoms with Gasteiger partial charge in [-0.05, 0) is 45.5 Å². The molecule has 0 radical (unpaired) electrons. The summed E-state index contributed by atoms with van der Waals surface area (Å²) in [6.07, 6.45) is 0. The van der Waals surface area contributed by atoms with Crippen molar-refractivity contribution in [3.63, 3.8) is 0 Å². The smallest absolute Gasteiger partial charge is 0.0547 e. The number of nitrogens with zero attached hydrogens (tertiary/aromatic N) is 2. The van der Waals surface area contributed by atoms with Crippen LogP contribution in [0.1, 0.15) is 34.1 Å². The molecule has 0 saturated carbocycles. The molecule has 2 rings (SSSR count). The molecule has 0 saturated heterocycles. The van der Waals surface area contributed by atoms with Gasteiger partial charge in [-0.15, -0.1) is 0 Å². The first-order valence-electron chi connectivity index (χ1n) is 7.40. The average molecular weight is 283 g/mol. The summed E-state index contributed by atoms with van der Waals surface area (Å²) in [6.45, 7) is 7.69. The highest BCUT2D eigenvalue weighted by Gasteiger charge is 2.16. The van der Waals surface area contributed by atoms with Crippen molar-refractivity contribution in [1.29, 1.82) is 0 Å². The summed E-state index contributed by atoms with van der Waals surface area (Å²) in [4.78, 5) is 6.85. The number of aryl methyl sites for hydroxylation is 3. The van der Waals surface area contributed by atoms with Crippen molar-refractivity contribution in [1.82, 2.24) is 9.88 Å². The number of rotatable bonds is 5. The first-order valence-corrected chi connectivity index (χ1v) is 7.40. The van der Waals surface area contributed by atoms with Gasteiger partial charge in [-0.2, -0.15) is 0 Å². The van der Waals surface area contributed by atoms with Crippen LogP contribution >= 0.6 is 0 Å². The van der Waals surface area contributed by atoms with Crippen molar-refractivity contribution in [2.75, 3.05) is 13.6 Å². The van der Waals surface area contributed by atoms with Gasteiger partial charge in [0.05, 0.1) is 5.69 Å². The van der Waals surface area contributed by atoms with Crippen LogP contribution in [0.2, 0.25) is 0 Å². The molecule has 1 aromatic heterocycles. The Morgan fingerprint density at radius 2 is 1.76 bits per heavy atom. The fraction of sp³-hybridized carbons (Fsp3) is 0.389. The second-order valence-corrected chi connectivity index (χ2v) is 5.86. The van der Waals surface area contributed by atoms with Crippen LogP contribution in [-0.4, -0.2) is 23.5 Å². The van der Waals surface area contributed by atoms with E-state index in [0.717, 1.165) is 17.9 Å². The molecule has 1 atom stereocenters. The third-order valence-electron chi connectivity index (χ3n) is 3.74. The molecule has 3 heteroatoms. The van der Waals surface area contributed by atoms with E-state index in [-0.39, 0.29) is 6.04 Å². The fourth-order valence-corrected chi connectivity index (χ4v) is 2.83. The van der Waals surface area contributed by atoms with Crippen molar-refractivity contribution < 1.29 is 0 Å². The van der Waals surface area contributed by atoms with Gasteiger partial charge in [-0.25, -0.2) is 0 Å². The Morgan fingerprint density at radius 3 is 2.33 bits per heavy atom. The zero-order chi connectivity index (χ0) is 15.4. The Morgan fingerprint density at radius 1 is 1.10 bits per heavy atom. The Labute approximate surface area is 127 Å². The van der Waals surface area contributed by atoms with E-state index in [1.165, 1.54) is 16.7 Å². The average Bonchev–Trinajstić information content (AvgIpc) is 2.38. The third kappa shape index (κ3) is 4.13. The molecule has 1 heterocycles. The quantitative estimate of drug-likeness (QED) is 0.916. The minimum absolute atomic E-state index is 0.214. The molecule has 1 unspecified atom stereocenters. The highest BCUT2D eigenvalue weighted by Crippen LogP contribution is 2.22. The lowest BCUT2D eigenvalue weighted by molar-refractivity contribution is 0.239. The maximum Gasteiger partial charge on any atom is 0.0547 e. The van der Waals surface area contributed by atoms with Crippen molar-refractivity contribution in [2.45, 2.75) is 33.4 Å². The minimum atomic E-state index is 0.214. The number of pyridine rings is 1. The molecule has 0 bridgehead atoms. The van der Waals surface area contributed by atoms with Gasteiger partial charge >= 0.3 is 0 Å². The Bertz CT molecular complexity index is 587. The van der Waals surface area contributed by atoms with E-state index in [0.29, 0.717) is 6.54 Å². The first-order chi connectivity index (χ1) is 9.99. The number of hydrogen-bond acceptors (Lipinski definition) is 3. The Hall–Kier alpha value is -1.71. The summed E-state index contributed by atoms with van der Waals surface area (Å²) in [6, 6.07) is 13.0. The summed E-state index contributed by atoms with van der Waals surface area (Å²) in [5.41, 5.74) is 12.0. The molecule has 0 spiro atoms. The monoisotopic (exact) mass is 283 g/mol. The van der Waals surface area contributed by atoms with Crippen molar-refractivity contribution >= 4 is 0 Å². The second-order valence-electron chi connectivity index (χ2n) is 5.86. The summed E-state index contributed by atoms with van der Waals surface area (Å²) in [7, 11) is 2.11. The molecule has 0 fully saturated rings. The van der Waals surface area contributed by atoms with Gasteiger partial charge in [0.15, 0.2) is 0 Å². The van der Waals surface area contributed by atoms with Crippen LogP contribution in [0.4, 0.5) is 0 Å². The summed E-state index contributed by atoms with van der Waals surface area (Å²) >= 11 is 0. The van der Waals surface area contributed by atoms with Crippen LogP contribution in [0.5, 0.6) is 0 Å². The maximum absolute atomic E-state index is 6.03. The molecule has 112 valence electrons. The maximum atomic E-state index is 6.03. The molecular weight excluding hydrogens is 258 g/mol. The highest BCUT2D eigenvalue weighted by atomic mass is 15.1. The molecule has 2 N–H and O–H groups in total. The molecule has 21 heavy (non-hydrogen) atoms. The number of nitrogens with two attached hydrogens (primary N) is 1. The molecule has 0 amide bonds. The van der Waals surface area contributed by atoms with Crippen LogP contribution in [0.3, 0.4) is 0 Å². The predicted octanol–water partition coefficient (Wildman–Crippen LogP) is 3.14. The van der Waals surface area contributed by atoms with Crippen LogP contribution in [0.15, 0.2) is 36.4 Å². The van der Waals surface area contributed by atoms with Gasteiger partial charge in [-0.1, -0.05) is 35.4 Å². The third-order valence-corrected chi connectivity index (χ3v) is 3.74. The van der Waals surface area contributed by atoms with Gasteiger partial charge < -0.3 is 5.73 Å². The minimum Gasteiger partial charge on any atom is -0.329 e. The van der Waals surface area contributed by atoms with E-state index in [1.807, 2.05) is 13.0 Å². The van der Waals surface area contributed by atoms with Crippen molar-refractivity contribution in [2.24, 2.45) is 5.73 Å². The predicted molar refractivity (Wildman–Crippen MR) is 88.2 cm³/mol. The lowest BCUT2D eigenvalue weighted by Gasteiger charge is -2.27. The van der Waals surface area contributed by atoms with Crippen LogP contribution in [0, 0.1) is 20.8 Å². The molecule has 0 aliphatic heterocycles. The summed E-state index contributed by atoms with van der Waals surface area (Å²) in [5.74, 6) is 0. The summed E-state index contributed by atoms with van der Waals surface area (Å²) in [5, 5.41) is 0. The molecule has 0 aliphatic carbocycles. The fourth-order valence-electron chi connectivity index (χ4n) is 2.83. The van der Waals surface area contributed by atoms with Crippen LogP contribution in [0.25, 0.3) is 0 Å². The Kier molecular flexibility index (Phi) is 5.10. The standard InChI is InChI=1S/C18H25N3/c1-13-8-14(2)10-16(9-13)18(11-19)21(4)12-17-7-5-6-15(3)20-17/h5-10,18H,11-12,19H2,1-4H3. The highest BCUT2D eigenvalue weighted by molar-refractivity contribution is 5.31. The van der Waals surface area contributed by atoms with Crippen LogP contribution < -0.4 is 5.73 Å². The van der Waals surface area contributed by atoms with Crippen molar-refractivity contribution in [3.8, 4) is 0 Å². The molecule has 0 aliphatic rings. The topological polar surface area (TPSA) is 42.1 Å². The van der Waals surface area contributed by atoms with E-state index in [1.54, 1.807) is 0 Å². The van der Waals surface area contributed by atoms with Gasteiger partial charge in [0, 0.05) is 24.8 Å². The Balaban J connectivity index is 2.20. The normalized spacial score (nSPS) is 12.7. The van der Waals surface area contributed by atoms with E-state index >= 15 is 0 Å². The van der Waals surface area contributed by atoms with Crippen molar-refractivity contribution in [3.05, 3.63) is 64.5 Å².